The molecule has 2 aliphatic carbocycles. The number of hydrogen-bond acceptors (Lipinski definition) is 3. The van der Waals surface area contributed by atoms with Gasteiger partial charge < -0.3 is 5.32 Å². The summed E-state index contributed by atoms with van der Waals surface area (Å²) in [5.74, 6) is 1.45. The van der Waals surface area contributed by atoms with E-state index >= 15 is 0 Å². The van der Waals surface area contributed by atoms with Crippen LogP contribution >= 0.6 is 0 Å². The van der Waals surface area contributed by atoms with Crippen LogP contribution in [0, 0.1) is 11.8 Å². The molecule has 0 aromatic heterocycles. The van der Waals surface area contributed by atoms with Gasteiger partial charge in [0.1, 0.15) is 0 Å². The Morgan fingerprint density at radius 1 is 1.26 bits per heavy atom. The molecule has 5 nitrogen and oxygen atoms in total. The molecule has 0 aliphatic heterocycles. The zero-order chi connectivity index (χ0) is 14.0. The lowest BCUT2D eigenvalue weighted by atomic mass is 9.97. The summed E-state index contributed by atoms with van der Waals surface area (Å²) in [5.41, 5.74) is 0. The van der Waals surface area contributed by atoms with Gasteiger partial charge in [0.25, 0.3) is 0 Å². The minimum Gasteiger partial charge on any atom is -0.353 e. The first kappa shape index (κ1) is 14.8. The van der Waals surface area contributed by atoms with Gasteiger partial charge in [0, 0.05) is 26.1 Å². The Bertz CT molecular complexity index is 435. The van der Waals surface area contributed by atoms with Gasteiger partial charge in [-0.3, -0.25) is 4.79 Å². The van der Waals surface area contributed by atoms with Crippen molar-refractivity contribution in [2.45, 2.75) is 44.6 Å². The monoisotopic (exact) mass is 288 g/mol. The number of amides is 1. The predicted molar refractivity (Wildman–Crippen MR) is 74.1 cm³/mol. The molecular formula is C13H24N2O3S. The second kappa shape index (κ2) is 5.79. The number of hydrogen-bond donors (Lipinski definition) is 1. The number of fused-ring (bicyclic) bond motifs is 1. The van der Waals surface area contributed by atoms with Gasteiger partial charge in [-0.25, -0.2) is 12.7 Å². The molecule has 0 heterocycles. The van der Waals surface area contributed by atoms with Gasteiger partial charge in [0.05, 0.1) is 6.26 Å². The average molecular weight is 288 g/mol. The molecular weight excluding hydrogens is 264 g/mol. The number of carbonyl (C=O) groups is 1. The molecule has 6 heteroatoms. The highest BCUT2D eigenvalue weighted by Crippen LogP contribution is 2.43. The van der Waals surface area contributed by atoms with Gasteiger partial charge in [-0.2, -0.15) is 0 Å². The van der Waals surface area contributed by atoms with Crippen LogP contribution in [0.25, 0.3) is 0 Å². The van der Waals surface area contributed by atoms with Crippen molar-refractivity contribution in [2.75, 3.05) is 19.8 Å². The quantitative estimate of drug-likeness (QED) is 0.819. The van der Waals surface area contributed by atoms with Gasteiger partial charge in [-0.1, -0.05) is 12.8 Å². The molecule has 0 radical (unpaired) electrons. The molecule has 0 aromatic carbocycles. The second-order valence-corrected chi connectivity index (χ2v) is 8.03. The third kappa shape index (κ3) is 3.69. The van der Waals surface area contributed by atoms with Crippen molar-refractivity contribution in [1.29, 1.82) is 0 Å². The first-order valence-electron chi connectivity index (χ1n) is 7.08. The van der Waals surface area contributed by atoms with E-state index in [9.17, 15) is 13.2 Å². The Balaban J connectivity index is 1.76. The smallest absolute Gasteiger partial charge is 0.221 e. The van der Waals surface area contributed by atoms with E-state index in [-0.39, 0.29) is 18.9 Å². The van der Waals surface area contributed by atoms with Crippen LogP contribution in [0.15, 0.2) is 0 Å². The van der Waals surface area contributed by atoms with Gasteiger partial charge >= 0.3 is 0 Å². The third-order valence-corrected chi connectivity index (χ3v) is 5.96. The molecule has 0 saturated heterocycles. The Morgan fingerprint density at radius 3 is 2.68 bits per heavy atom. The molecule has 0 bridgehead atoms. The largest absolute Gasteiger partial charge is 0.353 e. The summed E-state index contributed by atoms with van der Waals surface area (Å²) in [7, 11) is -1.68. The van der Waals surface area contributed by atoms with Gasteiger partial charge in [-0.05, 0) is 31.1 Å². The molecule has 3 atom stereocenters. The van der Waals surface area contributed by atoms with Crippen molar-refractivity contribution < 1.29 is 13.2 Å². The molecule has 0 aromatic rings. The van der Waals surface area contributed by atoms with Crippen molar-refractivity contribution in [3.63, 3.8) is 0 Å². The Morgan fingerprint density at radius 2 is 2.00 bits per heavy atom. The highest BCUT2D eigenvalue weighted by atomic mass is 32.2. The summed E-state index contributed by atoms with van der Waals surface area (Å²) >= 11 is 0. The zero-order valence-electron chi connectivity index (χ0n) is 11.8. The fourth-order valence-corrected chi connectivity index (χ4v) is 3.87. The number of carbonyl (C=O) groups excluding carboxylic acids is 1. The number of rotatable bonds is 5. The Hall–Kier alpha value is -0.620. The summed E-state index contributed by atoms with van der Waals surface area (Å²) in [6, 6.07) is 0.323. The van der Waals surface area contributed by atoms with E-state index in [0.29, 0.717) is 12.0 Å². The molecule has 2 aliphatic rings. The summed E-state index contributed by atoms with van der Waals surface area (Å²) in [4.78, 5) is 11.9. The van der Waals surface area contributed by atoms with Crippen LogP contribution in [0.2, 0.25) is 0 Å². The van der Waals surface area contributed by atoms with E-state index < -0.39 is 10.0 Å². The number of nitrogens with zero attached hydrogens (tertiary/aromatic N) is 1. The highest BCUT2D eigenvalue weighted by molar-refractivity contribution is 7.88. The van der Waals surface area contributed by atoms with Crippen LogP contribution in [0.3, 0.4) is 0 Å². The zero-order valence-corrected chi connectivity index (χ0v) is 12.6. The molecule has 1 amide bonds. The van der Waals surface area contributed by atoms with Crippen molar-refractivity contribution >= 4 is 15.9 Å². The predicted octanol–water partition coefficient (Wildman–Crippen LogP) is 0.963. The molecule has 0 unspecified atom stereocenters. The minimum atomic E-state index is -3.19. The molecule has 110 valence electrons. The first-order chi connectivity index (χ1) is 8.88. The Labute approximate surface area is 115 Å². The maximum atomic E-state index is 11.9. The third-order valence-electron chi connectivity index (χ3n) is 4.65. The van der Waals surface area contributed by atoms with Gasteiger partial charge in [0.15, 0.2) is 0 Å². The van der Waals surface area contributed by atoms with Crippen LogP contribution < -0.4 is 5.32 Å². The van der Waals surface area contributed by atoms with E-state index in [2.05, 4.69) is 5.32 Å². The standard InChI is InChI=1S/C13H24N2O3S/c1-15(19(2,17)18)9-8-13(16)14-12-7-6-10-4-3-5-11(10)12/h10-12H,3-9H2,1-2H3,(H,14,16)/t10-,11-,12-/m0/s1. The molecule has 2 fully saturated rings. The lowest BCUT2D eigenvalue weighted by molar-refractivity contribution is -0.122. The molecule has 1 N–H and O–H groups in total. The number of nitrogens with one attached hydrogen (secondary N) is 1. The molecule has 0 spiro atoms. The van der Waals surface area contributed by atoms with Crippen LogP contribution in [0.4, 0.5) is 0 Å². The van der Waals surface area contributed by atoms with Crippen LogP contribution in [0.1, 0.15) is 38.5 Å². The van der Waals surface area contributed by atoms with E-state index in [1.165, 1.54) is 37.0 Å². The van der Waals surface area contributed by atoms with E-state index in [1.807, 2.05) is 0 Å². The van der Waals surface area contributed by atoms with E-state index in [1.54, 1.807) is 0 Å². The molecule has 19 heavy (non-hydrogen) atoms. The number of sulfonamides is 1. The summed E-state index contributed by atoms with van der Waals surface area (Å²) < 4.78 is 23.7. The first-order valence-corrected chi connectivity index (χ1v) is 8.93. The van der Waals surface area contributed by atoms with Crippen LogP contribution in [-0.2, 0) is 14.8 Å². The maximum absolute atomic E-state index is 11.9. The van der Waals surface area contributed by atoms with Gasteiger partial charge in [0.2, 0.25) is 15.9 Å². The molecule has 2 saturated carbocycles. The second-order valence-electron chi connectivity index (χ2n) is 5.94. The normalized spacial score (nSPS) is 30.6. The topological polar surface area (TPSA) is 66.5 Å². The maximum Gasteiger partial charge on any atom is 0.221 e. The minimum absolute atomic E-state index is 0.0203. The van der Waals surface area contributed by atoms with E-state index in [4.69, 9.17) is 0 Å². The summed E-state index contributed by atoms with van der Waals surface area (Å²) in [6.45, 7) is 0.255. The lowest BCUT2D eigenvalue weighted by Crippen LogP contribution is -2.39. The SMILES string of the molecule is CN(CCC(=O)N[C@H]1CC[C@@H]2CCC[C@@H]21)S(C)(=O)=O. The van der Waals surface area contributed by atoms with Crippen molar-refractivity contribution in [2.24, 2.45) is 11.8 Å². The van der Waals surface area contributed by atoms with Crippen molar-refractivity contribution in [3.05, 3.63) is 0 Å². The lowest BCUT2D eigenvalue weighted by Gasteiger charge is -2.21. The average Bonchev–Trinajstić information content (AvgIpc) is 2.89. The van der Waals surface area contributed by atoms with Gasteiger partial charge in [-0.15, -0.1) is 0 Å². The fraction of sp³-hybridized carbons (Fsp3) is 0.923. The van der Waals surface area contributed by atoms with Crippen molar-refractivity contribution in [1.82, 2.24) is 9.62 Å². The van der Waals surface area contributed by atoms with Crippen LogP contribution in [-0.4, -0.2) is 44.5 Å². The molecule has 2 rings (SSSR count). The summed E-state index contributed by atoms with van der Waals surface area (Å²) in [6.07, 6.45) is 7.57. The Kier molecular flexibility index (Phi) is 4.50. The van der Waals surface area contributed by atoms with Crippen molar-refractivity contribution in [3.8, 4) is 0 Å². The summed E-state index contributed by atoms with van der Waals surface area (Å²) in [5, 5.41) is 3.10. The van der Waals surface area contributed by atoms with Crippen LogP contribution in [0.5, 0.6) is 0 Å². The van der Waals surface area contributed by atoms with E-state index in [0.717, 1.165) is 18.6 Å². The highest BCUT2D eigenvalue weighted by Gasteiger charge is 2.39. The fourth-order valence-electron chi connectivity index (χ4n) is 3.44.